The zero-order valence-electron chi connectivity index (χ0n) is 11.1. The van der Waals surface area contributed by atoms with Crippen molar-refractivity contribution in [2.75, 3.05) is 13.6 Å². The van der Waals surface area contributed by atoms with Gasteiger partial charge in [-0.1, -0.05) is 0 Å². The van der Waals surface area contributed by atoms with E-state index in [1.165, 1.54) is 4.31 Å². The number of nitrogens with two attached hydrogens (primary N) is 1. The molecule has 1 aliphatic rings. The molecule has 0 aliphatic heterocycles. The Morgan fingerprint density at radius 2 is 1.94 bits per heavy atom. The molecule has 0 saturated heterocycles. The summed E-state index contributed by atoms with van der Waals surface area (Å²) in [7, 11) is -1.87. The number of rotatable bonds is 5. The van der Waals surface area contributed by atoms with Crippen molar-refractivity contribution in [2.45, 2.75) is 38.1 Å². The highest BCUT2D eigenvalue weighted by Gasteiger charge is 2.33. The van der Waals surface area contributed by atoms with Gasteiger partial charge < -0.3 is 10.2 Å². The fourth-order valence-electron chi connectivity index (χ4n) is 2.20. The number of nitrogens with zero attached hydrogens (tertiary/aromatic N) is 1. The van der Waals surface area contributed by atoms with E-state index in [9.17, 15) is 8.42 Å². The molecule has 1 fully saturated rings. The van der Waals surface area contributed by atoms with E-state index in [2.05, 4.69) is 0 Å². The molecule has 1 aliphatic carbocycles. The first kappa shape index (κ1) is 13.6. The van der Waals surface area contributed by atoms with E-state index in [1.54, 1.807) is 20.9 Å². The van der Waals surface area contributed by atoms with Crippen molar-refractivity contribution in [3.05, 3.63) is 17.1 Å². The molecule has 0 amide bonds. The van der Waals surface area contributed by atoms with E-state index in [4.69, 9.17) is 10.2 Å². The van der Waals surface area contributed by atoms with Gasteiger partial charge in [0.15, 0.2) is 0 Å². The third-order valence-corrected chi connectivity index (χ3v) is 5.43. The van der Waals surface area contributed by atoms with Gasteiger partial charge in [0.2, 0.25) is 10.0 Å². The van der Waals surface area contributed by atoms with Crippen molar-refractivity contribution in [2.24, 2.45) is 11.7 Å². The quantitative estimate of drug-likeness (QED) is 0.878. The minimum atomic E-state index is -3.49. The molecule has 5 nitrogen and oxygen atoms in total. The normalized spacial score (nSPS) is 16.5. The molecule has 1 heterocycles. The second kappa shape index (κ2) is 4.68. The Labute approximate surface area is 108 Å². The smallest absolute Gasteiger partial charge is 0.246 e. The molecule has 0 aromatic carbocycles. The van der Waals surface area contributed by atoms with Gasteiger partial charge in [0, 0.05) is 25.7 Å². The minimum Gasteiger partial charge on any atom is -0.465 e. The molecular weight excluding hydrogens is 252 g/mol. The van der Waals surface area contributed by atoms with Crippen LogP contribution >= 0.6 is 0 Å². The third kappa shape index (κ3) is 2.32. The lowest BCUT2D eigenvalue weighted by atomic mass is 10.2. The van der Waals surface area contributed by atoms with Crippen LogP contribution in [0.2, 0.25) is 0 Å². The molecule has 2 N–H and O–H groups in total. The van der Waals surface area contributed by atoms with E-state index in [0.29, 0.717) is 29.5 Å². The van der Waals surface area contributed by atoms with Crippen molar-refractivity contribution in [3.8, 4) is 0 Å². The van der Waals surface area contributed by atoms with Gasteiger partial charge >= 0.3 is 0 Å². The summed E-state index contributed by atoms with van der Waals surface area (Å²) in [5, 5.41) is 0. The van der Waals surface area contributed by atoms with Crippen LogP contribution < -0.4 is 5.73 Å². The average molecular weight is 272 g/mol. The molecule has 18 heavy (non-hydrogen) atoms. The van der Waals surface area contributed by atoms with E-state index < -0.39 is 10.0 Å². The Balaban J connectivity index is 2.39. The third-order valence-electron chi connectivity index (χ3n) is 3.41. The summed E-state index contributed by atoms with van der Waals surface area (Å²) in [6.45, 7) is 4.17. The molecule has 1 aromatic heterocycles. The molecule has 0 unspecified atom stereocenters. The Bertz CT molecular complexity index is 544. The van der Waals surface area contributed by atoms with E-state index in [-0.39, 0.29) is 11.4 Å². The Hall–Kier alpha value is -0.850. The number of hydrogen-bond acceptors (Lipinski definition) is 4. The second-order valence-electron chi connectivity index (χ2n) is 4.96. The molecule has 6 heteroatoms. The summed E-state index contributed by atoms with van der Waals surface area (Å²) >= 11 is 0. The molecule has 102 valence electrons. The molecular formula is C12H20N2O3S. The predicted molar refractivity (Wildman–Crippen MR) is 68.6 cm³/mol. The number of aryl methyl sites for hydroxylation is 2. The first-order valence-corrected chi connectivity index (χ1v) is 7.57. The molecule has 0 bridgehead atoms. The van der Waals surface area contributed by atoms with Crippen LogP contribution in [0.1, 0.15) is 29.9 Å². The van der Waals surface area contributed by atoms with Gasteiger partial charge in [-0.05, 0) is 32.6 Å². The van der Waals surface area contributed by atoms with Gasteiger partial charge in [0.25, 0.3) is 0 Å². The lowest BCUT2D eigenvalue weighted by Gasteiger charge is -2.17. The number of hydrogen-bond donors (Lipinski definition) is 1. The van der Waals surface area contributed by atoms with Crippen LogP contribution in [0, 0.1) is 19.8 Å². The largest absolute Gasteiger partial charge is 0.465 e. The molecule has 0 radical (unpaired) electrons. The molecule has 2 rings (SSSR count). The molecule has 0 atom stereocenters. The molecule has 1 saturated carbocycles. The summed E-state index contributed by atoms with van der Waals surface area (Å²) < 4.78 is 31.9. The maximum absolute atomic E-state index is 12.5. The van der Waals surface area contributed by atoms with Gasteiger partial charge in [-0.25, -0.2) is 12.7 Å². The summed E-state index contributed by atoms with van der Waals surface area (Å²) in [4.78, 5) is 0.255. The zero-order valence-corrected chi connectivity index (χ0v) is 11.9. The highest BCUT2D eigenvalue weighted by Crippen LogP contribution is 2.33. The highest BCUT2D eigenvalue weighted by atomic mass is 32.2. The fraction of sp³-hybridized carbons (Fsp3) is 0.667. The van der Waals surface area contributed by atoms with Crippen LogP contribution in [0.4, 0.5) is 0 Å². The van der Waals surface area contributed by atoms with Gasteiger partial charge in [-0.15, -0.1) is 0 Å². The Kier molecular flexibility index (Phi) is 3.53. The van der Waals surface area contributed by atoms with Crippen LogP contribution in [0.25, 0.3) is 0 Å². The van der Waals surface area contributed by atoms with Gasteiger partial charge in [0.1, 0.15) is 16.4 Å². The first-order chi connectivity index (χ1) is 8.37. The van der Waals surface area contributed by atoms with Crippen LogP contribution in [0.15, 0.2) is 9.31 Å². The predicted octanol–water partition coefficient (Wildman–Crippen LogP) is 1.39. The SMILES string of the molecule is Cc1oc(C)c(S(=O)(=O)N(C)CC2CC2)c1CN. The van der Waals surface area contributed by atoms with Gasteiger partial charge in [0.05, 0.1) is 0 Å². The standard InChI is InChI=1S/C12H20N2O3S/c1-8-11(6-13)12(9(2)17-8)18(15,16)14(3)7-10-4-5-10/h10H,4-7,13H2,1-3H3. The summed E-state index contributed by atoms with van der Waals surface area (Å²) in [6.07, 6.45) is 2.24. The van der Waals surface area contributed by atoms with Gasteiger partial charge in [-0.3, -0.25) is 0 Å². The van der Waals surface area contributed by atoms with E-state index >= 15 is 0 Å². The monoisotopic (exact) mass is 272 g/mol. The van der Waals surface area contributed by atoms with Crippen LogP contribution in [-0.4, -0.2) is 26.3 Å². The topological polar surface area (TPSA) is 76.5 Å². The Morgan fingerprint density at radius 1 is 1.33 bits per heavy atom. The maximum atomic E-state index is 12.5. The first-order valence-electron chi connectivity index (χ1n) is 6.13. The lowest BCUT2D eigenvalue weighted by Crippen LogP contribution is -2.30. The van der Waals surface area contributed by atoms with Crippen LogP contribution in [-0.2, 0) is 16.6 Å². The molecule has 1 aromatic rings. The van der Waals surface area contributed by atoms with Crippen molar-refractivity contribution in [3.63, 3.8) is 0 Å². The van der Waals surface area contributed by atoms with Crippen molar-refractivity contribution in [1.29, 1.82) is 0 Å². The van der Waals surface area contributed by atoms with Crippen LogP contribution in [0.5, 0.6) is 0 Å². The average Bonchev–Trinajstić information content (AvgIpc) is 3.03. The summed E-state index contributed by atoms with van der Waals surface area (Å²) in [5.41, 5.74) is 6.22. The second-order valence-corrected chi connectivity index (χ2v) is 6.94. The fourth-order valence-corrected chi connectivity index (χ4v) is 3.86. The zero-order chi connectivity index (χ0) is 13.5. The van der Waals surface area contributed by atoms with Crippen molar-refractivity contribution >= 4 is 10.0 Å². The number of sulfonamides is 1. The Morgan fingerprint density at radius 3 is 2.44 bits per heavy atom. The summed E-state index contributed by atoms with van der Waals surface area (Å²) in [6, 6.07) is 0. The lowest BCUT2D eigenvalue weighted by molar-refractivity contribution is 0.448. The van der Waals surface area contributed by atoms with Crippen LogP contribution in [0.3, 0.4) is 0 Å². The van der Waals surface area contributed by atoms with Crippen molar-refractivity contribution in [1.82, 2.24) is 4.31 Å². The summed E-state index contributed by atoms with van der Waals surface area (Å²) in [5.74, 6) is 1.53. The maximum Gasteiger partial charge on any atom is 0.246 e. The highest BCUT2D eigenvalue weighted by molar-refractivity contribution is 7.89. The molecule has 0 spiro atoms. The number of furan rings is 1. The minimum absolute atomic E-state index is 0.176. The van der Waals surface area contributed by atoms with Crippen molar-refractivity contribution < 1.29 is 12.8 Å². The van der Waals surface area contributed by atoms with Gasteiger partial charge in [-0.2, -0.15) is 0 Å². The van der Waals surface area contributed by atoms with E-state index in [1.807, 2.05) is 0 Å². The van der Waals surface area contributed by atoms with E-state index in [0.717, 1.165) is 12.8 Å².